The molecule has 5 nitrogen and oxygen atoms in total. The van der Waals surface area contributed by atoms with Gasteiger partial charge in [-0.2, -0.15) is 0 Å². The largest absolute Gasteiger partial charge is 0.494 e. The van der Waals surface area contributed by atoms with Crippen molar-refractivity contribution >= 4 is 32.6 Å². The third-order valence-electron chi connectivity index (χ3n) is 3.33. The number of carbonyl (C=O) groups excluding carboxylic acids is 1. The number of quaternary nitrogens is 1. The first-order chi connectivity index (χ1) is 10.5. The number of ether oxygens (including phenoxy) is 1. The molecule has 0 saturated carbocycles. The van der Waals surface area contributed by atoms with Crippen molar-refractivity contribution in [1.29, 1.82) is 0 Å². The van der Waals surface area contributed by atoms with E-state index in [0.717, 1.165) is 34.1 Å². The summed E-state index contributed by atoms with van der Waals surface area (Å²) in [4.78, 5) is 19.7. The summed E-state index contributed by atoms with van der Waals surface area (Å²) < 4.78 is 6.56. The maximum Gasteiger partial charge on any atom is 0.225 e. The third-order valence-corrected chi connectivity index (χ3v) is 4.37. The Morgan fingerprint density at radius 1 is 1.41 bits per heavy atom. The predicted octanol–water partition coefficient (Wildman–Crippen LogP) is 1.58. The van der Waals surface area contributed by atoms with E-state index in [2.05, 4.69) is 19.1 Å². The second-order valence-corrected chi connectivity index (χ2v) is 6.55. The summed E-state index contributed by atoms with van der Waals surface area (Å²) in [5.41, 5.74) is 0.910. The van der Waals surface area contributed by atoms with E-state index in [1.807, 2.05) is 25.1 Å². The number of rotatable bonds is 7. The van der Waals surface area contributed by atoms with Gasteiger partial charge in [0.05, 0.1) is 37.5 Å². The lowest BCUT2D eigenvalue weighted by Crippen LogP contribution is -3.05. The van der Waals surface area contributed by atoms with Crippen LogP contribution >= 0.6 is 11.3 Å². The molecule has 0 radical (unpaired) electrons. The van der Waals surface area contributed by atoms with Crippen LogP contribution in [0.5, 0.6) is 5.75 Å². The molecule has 22 heavy (non-hydrogen) atoms. The molecular weight excluding hydrogens is 298 g/mol. The van der Waals surface area contributed by atoms with Crippen LogP contribution in [0, 0.1) is 0 Å². The fraction of sp³-hybridized carbons (Fsp3) is 0.500. The van der Waals surface area contributed by atoms with Crippen molar-refractivity contribution in [3.8, 4) is 5.75 Å². The number of thiazole rings is 1. The zero-order valence-electron chi connectivity index (χ0n) is 13.7. The van der Waals surface area contributed by atoms with Crippen LogP contribution in [0.1, 0.15) is 20.3 Å². The molecule has 1 aromatic heterocycles. The molecule has 0 aliphatic carbocycles. The van der Waals surface area contributed by atoms with Crippen molar-refractivity contribution in [2.75, 3.05) is 38.7 Å². The zero-order valence-corrected chi connectivity index (χ0v) is 14.5. The first-order valence-electron chi connectivity index (χ1n) is 7.61. The maximum absolute atomic E-state index is 11.9. The Labute approximate surface area is 135 Å². The van der Waals surface area contributed by atoms with E-state index >= 15 is 0 Å². The number of benzene rings is 1. The van der Waals surface area contributed by atoms with Gasteiger partial charge in [-0.05, 0) is 25.1 Å². The van der Waals surface area contributed by atoms with E-state index in [4.69, 9.17) is 4.74 Å². The van der Waals surface area contributed by atoms with Crippen LogP contribution in [0.3, 0.4) is 0 Å². The summed E-state index contributed by atoms with van der Waals surface area (Å²) in [5.74, 6) is 0.883. The van der Waals surface area contributed by atoms with Crippen LogP contribution in [0.2, 0.25) is 0 Å². The van der Waals surface area contributed by atoms with Crippen LogP contribution in [-0.4, -0.2) is 44.7 Å². The smallest absolute Gasteiger partial charge is 0.225 e. The summed E-state index contributed by atoms with van der Waals surface area (Å²) in [6.45, 7) is 5.94. The Morgan fingerprint density at radius 2 is 2.18 bits per heavy atom. The molecule has 1 heterocycles. The number of nitrogens with one attached hydrogen (secondary N) is 1. The number of aromatic nitrogens is 1. The van der Waals surface area contributed by atoms with E-state index in [1.54, 1.807) is 11.8 Å². The lowest BCUT2D eigenvalue weighted by molar-refractivity contribution is -0.858. The van der Waals surface area contributed by atoms with Crippen LogP contribution in [-0.2, 0) is 4.79 Å². The normalized spacial score (nSPS) is 11.1. The second kappa shape index (κ2) is 7.56. The minimum atomic E-state index is 0.0397. The fourth-order valence-corrected chi connectivity index (χ4v) is 3.31. The molecular formula is C16H24N3O2S+. The first kappa shape index (κ1) is 16.7. The van der Waals surface area contributed by atoms with Crippen molar-refractivity contribution < 1.29 is 14.4 Å². The van der Waals surface area contributed by atoms with Crippen LogP contribution in [0.25, 0.3) is 10.2 Å². The molecule has 0 aliphatic rings. The van der Waals surface area contributed by atoms with Gasteiger partial charge in [0.15, 0.2) is 5.13 Å². The van der Waals surface area contributed by atoms with Gasteiger partial charge >= 0.3 is 0 Å². The van der Waals surface area contributed by atoms with Gasteiger partial charge in [-0.1, -0.05) is 11.3 Å². The quantitative estimate of drug-likeness (QED) is 0.842. The number of carbonyl (C=O) groups is 1. The minimum absolute atomic E-state index is 0.0397. The molecule has 2 rings (SSSR count). The van der Waals surface area contributed by atoms with Gasteiger partial charge in [-0.3, -0.25) is 9.69 Å². The van der Waals surface area contributed by atoms with Crippen molar-refractivity contribution in [2.45, 2.75) is 20.3 Å². The molecule has 0 atom stereocenters. The van der Waals surface area contributed by atoms with Crippen molar-refractivity contribution in [1.82, 2.24) is 4.98 Å². The van der Waals surface area contributed by atoms with Crippen LogP contribution in [0.15, 0.2) is 18.2 Å². The summed E-state index contributed by atoms with van der Waals surface area (Å²) in [5, 5.41) is 0.768. The molecule has 1 aromatic carbocycles. The summed E-state index contributed by atoms with van der Waals surface area (Å²) in [7, 11) is 4.23. The van der Waals surface area contributed by atoms with E-state index in [-0.39, 0.29) is 5.91 Å². The Hall–Kier alpha value is -1.66. The fourth-order valence-electron chi connectivity index (χ4n) is 2.24. The molecule has 1 amide bonds. The molecule has 0 spiro atoms. The summed E-state index contributed by atoms with van der Waals surface area (Å²) in [6, 6.07) is 5.85. The number of nitrogens with zero attached hydrogens (tertiary/aromatic N) is 2. The van der Waals surface area contributed by atoms with E-state index in [9.17, 15) is 4.79 Å². The number of fused-ring (bicyclic) bond motifs is 1. The third kappa shape index (κ3) is 4.18. The summed E-state index contributed by atoms with van der Waals surface area (Å²) in [6.07, 6.45) is 0.960. The molecule has 120 valence electrons. The van der Waals surface area contributed by atoms with Gasteiger partial charge in [-0.25, -0.2) is 4.98 Å². The maximum atomic E-state index is 11.9. The van der Waals surface area contributed by atoms with Crippen molar-refractivity contribution in [2.24, 2.45) is 0 Å². The highest BCUT2D eigenvalue weighted by Gasteiger charge is 2.16. The molecule has 0 fully saturated rings. The Bertz CT molecular complexity index is 639. The highest BCUT2D eigenvalue weighted by Crippen LogP contribution is 2.31. The lowest BCUT2D eigenvalue weighted by Gasteiger charge is -2.18. The monoisotopic (exact) mass is 322 g/mol. The standard InChI is InChI=1S/C16H23N3O2S/c1-5-21-13-7-8-14-15(11-13)22-16(17-14)19(12(2)20)10-6-9-18(3)4/h7-8,11H,5-6,9-10H2,1-4H3/p+1. The zero-order chi connectivity index (χ0) is 16.1. The minimum Gasteiger partial charge on any atom is -0.494 e. The van der Waals surface area contributed by atoms with Gasteiger partial charge in [-0.15, -0.1) is 0 Å². The topological polar surface area (TPSA) is 46.9 Å². The van der Waals surface area contributed by atoms with Crippen molar-refractivity contribution in [3.05, 3.63) is 18.2 Å². The Balaban J connectivity index is 2.20. The van der Waals surface area contributed by atoms with Crippen LogP contribution in [0.4, 0.5) is 5.13 Å². The van der Waals surface area contributed by atoms with E-state index in [1.165, 1.54) is 16.2 Å². The average Bonchev–Trinajstić information content (AvgIpc) is 2.85. The van der Waals surface area contributed by atoms with E-state index < -0.39 is 0 Å². The van der Waals surface area contributed by atoms with E-state index in [0.29, 0.717) is 13.2 Å². The molecule has 0 bridgehead atoms. The highest BCUT2D eigenvalue weighted by atomic mass is 32.1. The lowest BCUT2D eigenvalue weighted by atomic mass is 10.3. The van der Waals surface area contributed by atoms with Gasteiger partial charge < -0.3 is 9.64 Å². The molecule has 0 saturated heterocycles. The predicted molar refractivity (Wildman–Crippen MR) is 91.1 cm³/mol. The number of hydrogen-bond donors (Lipinski definition) is 1. The summed E-state index contributed by atoms with van der Waals surface area (Å²) >= 11 is 1.54. The number of anilines is 1. The molecule has 0 aliphatic heterocycles. The van der Waals surface area contributed by atoms with Gasteiger partial charge in [0, 0.05) is 19.9 Å². The van der Waals surface area contributed by atoms with Gasteiger partial charge in [0.25, 0.3) is 0 Å². The average molecular weight is 322 g/mol. The second-order valence-electron chi connectivity index (χ2n) is 5.54. The SMILES string of the molecule is CCOc1ccc2nc(N(CCC[NH+](C)C)C(C)=O)sc2c1. The Kier molecular flexibility index (Phi) is 5.74. The first-order valence-corrected chi connectivity index (χ1v) is 8.43. The highest BCUT2D eigenvalue weighted by molar-refractivity contribution is 7.22. The van der Waals surface area contributed by atoms with Gasteiger partial charge in [0.1, 0.15) is 5.75 Å². The van der Waals surface area contributed by atoms with Crippen LogP contribution < -0.4 is 14.5 Å². The molecule has 2 aromatic rings. The van der Waals surface area contributed by atoms with Crippen molar-refractivity contribution in [3.63, 3.8) is 0 Å². The number of hydrogen-bond acceptors (Lipinski definition) is 4. The number of amides is 1. The molecule has 1 N–H and O–H groups in total. The Morgan fingerprint density at radius 3 is 2.82 bits per heavy atom. The van der Waals surface area contributed by atoms with Gasteiger partial charge in [0.2, 0.25) is 5.91 Å². The molecule has 6 heteroatoms. The molecule has 0 unspecified atom stereocenters.